The van der Waals surface area contributed by atoms with E-state index in [1.165, 1.54) is 0 Å². The van der Waals surface area contributed by atoms with Crippen LogP contribution in [0.5, 0.6) is 11.5 Å². The highest BCUT2D eigenvalue weighted by Crippen LogP contribution is 2.38. The molecule has 1 aliphatic rings. The highest BCUT2D eigenvalue weighted by Gasteiger charge is 2.19. The molecular weight excluding hydrogens is 166 g/mol. The number of benzene rings is 1. The average molecular weight is 175 g/mol. The number of hydrogen-bond acceptors (Lipinski definition) is 3. The highest BCUT2D eigenvalue weighted by atomic mass is 16.7. The van der Waals surface area contributed by atoms with Crippen LogP contribution in [0.3, 0.4) is 0 Å². The minimum Gasteiger partial charge on any atom is -0.453 e. The van der Waals surface area contributed by atoms with Crippen molar-refractivity contribution >= 4 is 0 Å². The van der Waals surface area contributed by atoms with Crippen molar-refractivity contribution < 1.29 is 9.47 Å². The third kappa shape index (κ3) is 1.20. The molecule has 0 aliphatic carbocycles. The molecule has 0 N–H and O–H groups in total. The summed E-state index contributed by atoms with van der Waals surface area (Å²) in [6, 6.07) is 5.95. The Morgan fingerprint density at radius 2 is 2.15 bits per heavy atom. The molecule has 0 fully saturated rings. The van der Waals surface area contributed by atoms with Crippen LogP contribution in [0.15, 0.2) is 12.1 Å². The van der Waals surface area contributed by atoms with Gasteiger partial charge in [0.1, 0.15) is 0 Å². The number of fused-ring (bicyclic) bond motifs is 1. The van der Waals surface area contributed by atoms with Gasteiger partial charge in [0, 0.05) is 5.56 Å². The number of ether oxygens (including phenoxy) is 2. The molecule has 0 saturated heterocycles. The van der Waals surface area contributed by atoms with E-state index in [9.17, 15) is 0 Å². The van der Waals surface area contributed by atoms with Crippen LogP contribution in [0, 0.1) is 18.3 Å². The molecule has 3 nitrogen and oxygen atoms in total. The first kappa shape index (κ1) is 7.93. The van der Waals surface area contributed by atoms with Crippen LogP contribution in [0.2, 0.25) is 0 Å². The minimum atomic E-state index is 0.263. The fourth-order valence-corrected chi connectivity index (χ4v) is 1.41. The molecule has 1 aromatic carbocycles. The van der Waals surface area contributed by atoms with E-state index in [1.54, 1.807) is 0 Å². The summed E-state index contributed by atoms with van der Waals surface area (Å²) in [5.74, 6) is 1.52. The second-order valence-electron chi connectivity index (χ2n) is 2.94. The second-order valence-corrected chi connectivity index (χ2v) is 2.94. The van der Waals surface area contributed by atoms with Crippen molar-refractivity contribution in [2.45, 2.75) is 13.3 Å². The smallest absolute Gasteiger partial charge is 0.231 e. The van der Waals surface area contributed by atoms with Crippen molar-refractivity contribution in [3.8, 4) is 17.6 Å². The van der Waals surface area contributed by atoms with Crippen LogP contribution >= 0.6 is 0 Å². The van der Waals surface area contributed by atoms with E-state index in [-0.39, 0.29) is 6.79 Å². The lowest BCUT2D eigenvalue weighted by atomic mass is 10.1. The van der Waals surface area contributed by atoms with Crippen molar-refractivity contribution in [2.24, 2.45) is 0 Å². The Bertz CT molecular complexity index is 379. The minimum absolute atomic E-state index is 0.263. The van der Waals surface area contributed by atoms with E-state index in [4.69, 9.17) is 14.7 Å². The Hall–Kier alpha value is -1.69. The van der Waals surface area contributed by atoms with Gasteiger partial charge in [0.2, 0.25) is 6.79 Å². The summed E-state index contributed by atoms with van der Waals surface area (Å²) in [5.41, 5.74) is 1.95. The van der Waals surface area contributed by atoms with Crippen molar-refractivity contribution in [2.75, 3.05) is 6.79 Å². The van der Waals surface area contributed by atoms with Gasteiger partial charge in [-0.15, -0.1) is 0 Å². The van der Waals surface area contributed by atoms with E-state index < -0.39 is 0 Å². The third-order valence-electron chi connectivity index (χ3n) is 2.07. The van der Waals surface area contributed by atoms with Gasteiger partial charge in [0.05, 0.1) is 12.5 Å². The lowest BCUT2D eigenvalue weighted by Gasteiger charge is -2.03. The zero-order chi connectivity index (χ0) is 9.26. The Balaban J connectivity index is 2.51. The van der Waals surface area contributed by atoms with E-state index in [1.807, 2.05) is 19.1 Å². The molecule has 0 saturated carbocycles. The van der Waals surface area contributed by atoms with Crippen LogP contribution in [-0.2, 0) is 6.42 Å². The number of nitrogens with zero attached hydrogens (tertiary/aromatic N) is 1. The summed E-state index contributed by atoms with van der Waals surface area (Å²) < 4.78 is 10.6. The van der Waals surface area contributed by atoms with E-state index in [0.717, 1.165) is 22.6 Å². The predicted octanol–water partition coefficient (Wildman–Crippen LogP) is 1.79. The van der Waals surface area contributed by atoms with Crippen molar-refractivity contribution in [1.82, 2.24) is 0 Å². The molecule has 0 bridgehead atoms. The maximum absolute atomic E-state index is 8.57. The van der Waals surface area contributed by atoms with Crippen molar-refractivity contribution in [1.29, 1.82) is 5.26 Å². The predicted molar refractivity (Wildman–Crippen MR) is 46.6 cm³/mol. The topological polar surface area (TPSA) is 42.2 Å². The Kier molecular flexibility index (Phi) is 1.82. The van der Waals surface area contributed by atoms with Gasteiger partial charge >= 0.3 is 0 Å². The first-order valence-corrected chi connectivity index (χ1v) is 4.08. The SMILES string of the molecule is Cc1ccc(CC#N)c2c1OCO2. The zero-order valence-corrected chi connectivity index (χ0v) is 7.33. The van der Waals surface area contributed by atoms with Crippen LogP contribution in [0.1, 0.15) is 11.1 Å². The molecule has 1 aliphatic heterocycles. The lowest BCUT2D eigenvalue weighted by molar-refractivity contribution is 0.173. The maximum atomic E-state index is 8.57. The first-order chi connectivity index (χ1) is 6.33. The van der Waals surface area contributed by atoms with E-state index in [2.05, 4.69) is 6.07 Å². The molecule has 0 aromatic heterocycles. The summed E-state index contributed by atoms with van der Waals surface area (Å²) in [5, 5.41) is 8.57. The fraction of sp³-hybridized carbons (Fsp3) is 0.300. The molecule has 0 atom stereocenters. The van der Waals surface area contributed by atoms with Gasteiger partial charge in [-0.3, -0.25) is 0 Å². The van der Waals surface area contributed by atoms with Crippen molar-refractivity contribution in [3.63, 3.8) is 0 Å². The maximum Gasteiger partial charge on any atom is 0.231 e. The molecule has 13 heavy (non-hydrogen) atoms. The van der Waals surface area contributed by atoms with Crippen LogP contribution in [-0.4, -0.2) is 6.79 Å². The molecule has 0 amide bonds. The first-order valence-electron chi connectivity index (χ1n) is 4.08. The summed E-state index contributed by atoms with van der Waals surface area (Å²) in [6.07, 6.45) is 0.367. The van der Waals surface area contributed by atoms with Gasteiger partial charge < -0.3 is 9.47 Å². The lowest BCUT2D eigenvalue weighted by Crippen LogP contribution is -1.94. The van der Waals surface area contributed by atoms with Gasteiger partial charge in [0.25, 0.3) is 0 Å². The number of hydrogen-bond donors (Lipinski definition) is 0. The monoisotopic (exact) mass is 175 g/mol. The quantitative estimate of drug-likeness (QED) is 0.653. The number of rotatable bonds is 1. The molecule has 3 heteroatoms. The van der Waals surface area contributed by atoms with Crippen LogP contribution < -0.4 is 9.47 Å². The van der Waals surface area contributed by atoms with E-state index in [0.29, 0.717) is 6.42 Å². The zero-order valence-electron chi connectivity index (χ0n) is 7.33. The molecular formula is C10H9NO2. The molecule has 1 heterocycles. The van der Waals surface area contributed by atoms with Crippen LogP contribution in [0.4, 0.5) is 0 Å². The van der Waals surface area contributed by atoms with Gasteiger partial charge in [0.15, 0.2) is 11.5 Å². The molecule has 66 valence electrons. The summed E-state index contributed by atoms with van der Waals surface area (Å²) in [4.78, 5) is 0. The molecule has 0 spiro atoms. The normalized spacial score (nSPS) is 12.6. The number of aryl methyl sites for hydroxylation is 1. The highest BCUT2D eigenvalue weighted by molar-refractivity contribution is 5.53. The van der Waals surface area contributed by atoms with Gasteiger partial charge in [-0.1, -0.05) is 12.1 Å². The summed E-state index contributed by atoms with van der Waals surface area (Å²) >= 11 is 0. The molecule has 1 aromatic rings. The second kappa shape index (κ2) is 2.98. The average Bonchev–Trinajstić information content (AvgIpc) is 2.59. The summed E-state index contributed by atoms with van der Waals surface area (Å²) in [6.45, 7) is 2.22. The largest absolute Gasteiger partial charge is 0.453 e. The summed E-state index contributed by atoms with van der Waals surface area (Å²) in [7, 11) is 0. The number of nitriles is 1. The Labute approximate surface area is 76.5 Å². The third-order valence-corrected chi connectivity index (χ3v) is 2.07. The van der Waals surface area contributed by atoms with Crippen molar-refractivity contribution in [3.05, 3.63) is 23.3 Å². The fourth-order valence-electron chi connectivity index (χ4n) is 1.41. The van der Waals surface area contributed by atoms with Gasteiger partial charge in [-0.25, -0.2) is 0 Å². The molecule has 0 radical (unpaired) electrons. The molecule has 0 unspecified atom stereocenters. The van der Waals surface area contributed by atoms with Gasteiger partial charge in [-0.05, 0) is 12.5 Å². The van der Waals surface area contributed by atoms with Gasteiger partial charge in [-0.2, -0.15) is 5.26 Å². The van der Waals surface area contributed by atoms with Crippen LogP contribution in [0.25, 0.3) is 0 Å². The Morgan fingerprint density at radius 1 is 1.38 bits per heavy atom. The molecule has 2 rings (SSSR count). The Morgan fingerprint density at radius 3 is 2.92 bits per heavy atom. The standard InChI is InChI=1S/C10H9NO2/c1-7-2-3-8(4-5-11)10-9(7)12-6-13-10/h2-3H,4,6H2,1H3. The van der Waals surface area contributed by atoms with E-state index >= 15 is 0 Å².